The van der Waals surface area contributed by atoms with E-state index >= 15 is 0 Å². The van der Waals surface area contributed by atoms with Gasteiger partial charge in [0.05, 0.1) is 0 Å². The van der Waals surface area contributed by atoms with Crippen LogP contribution in [0.25, 0.3) is 0 Å². The third-order valence-electron chi connectivity index (χ3n) is 3.05. The summed E-state index contributed by atoms with van der Waals surface area (Å²) in [6, 6.07) is 0.477. The molecule has 76 valence electrons. The maximum absolute atomic E-state index is 10.6. The van der Waals surface area contributed by atoms with Crippen LogP contribution in [0.5, 0.6) is 0 Å². The molecule has 0 aliphatic carbocycles. The van der Waals surface area contributed by atoms with Gasteiger partial charge in [0.1, 0.15) is 0 Å². The van der Waals surface area contributed by atoms with Gasteiger partial charge < -0.3 is 10.0 Å². The van der Waals surface area contributed by atoms with Crippen molar-refractivity contribution in [3.8, 4) is 0 Å². The van der Waals surface area contributed by atoms with E-state index < -0.39 is 5.97 Å². The van der Waals surface area contributed by atoms with Crippen LogP contribution in [0, 0.1) is 5.92 Å². The number of nitrogens with zero attached hydrogens (tertiary/aromatic N) is 1. The largest absolute Gasteiger partial charge is 0.481 e. The zero-order chi connectivity index (χ0) is 9.84. The molecule has 1 heterocycles. The van der Waals surface area contributed by atoms with Gasteiger partial charge in [-0.2, -0.15) is 0 Å². The number of carboxylic acid groups (broad SMARTS) is 1. The van der Waals surface area contributed by atoms with Gasteiger partial charge in [-0.1, -0.05) is 6.92 Å². The van der Waals surface area contributed by atoms with Gasteiger partial charge >= 0.3 is 5.97 Å². The number of rotatable bonds is 3. The predicted molar refractivity (Wildman–Crippen MR) is 51.7 cm³/mol. The molecule has 2 atom stereocenters. The van der Waals surface area contributed by atoms with E-state index in [1.165, 1.54) is 0 Å². The summed E-state index contributed by atoms with van der Waals surface area (Å²) in [6.07, 6.45) is 3.62. The first-order valence-electron chi connectivity index (χ1n) is 5.07. The molecule has 0 aromatic heterocycles. The molecule has 1 aliphatic heterocycles. The lowest BCUT2D eigenvalue weighted by molar-refractivity contribution is -0.139. The number of carboxylic acids is 1. The summed E-state index contributed by atoms with van der Waals surface area (Å²) in [4.78, 5) is 12.9. The normalized spacial score (nSPS) is 30.3. The number of carbonyl (C=O) groups is 1. The molecule has 0 radical (unpaired) electrons. The summed E-state index contributed by atoms with van der Waals surface area (Å²) in [5, 5.41) is 8.75. The lowest BCUT2D eigenvalue weighted by Crippen LogP contribution is -2.43. The molecule has 0 bridgehead atoms. The molecule has 0 aromatic carbocycles. The van der Waals surface area contributed by atoms with Gasteiger partial charge in [-0.05, 0) is 38.8 Å². The van der Waals surface area contributed by atoms with Crippen LogP contribution in [0.4, 0.5) is 0 Å². The standard InChI is InChI=1S/C10H19NO2/c1-3-9-8(7-10(12)13)5-4-6-11(9)2/h8-9H,3-7H2,1-2H3,(H,12,13)/t8-,9-/m1/s1. The highest BCUT2D eigenvalue weighted by atomic mass is 16.4. The van der Waals surface area contributed by atoms with E-state index in [4.69, 9.17) is 5.11 Å². The molecule has 0 spiro atoms. The molecule has 0 saturated carbocycles. The fraction of sp³-hybridized carbons (Fsp3) is 0.900. The SMILES string of the molecule is CC[C@@H]1[C@@H](CC(=O)O)CCCN1C. The molecule has 3 heteroatoms. The van der Waals surface area contributed by atoms with Crippen molar-refractivity contribution in [1.29, 1.82) is 0 Å². The molecule has 0 amide bonds. The Morgan fingerprint density at radius 3 is 2.85 bits per heavy atom. The van der Waals surface area contributed by atoms with E-state index in [0.29, 0.717) is 18.4 Å². The van der Waals surface area contributed by atoms with Gasteiger partial charge in [0.25, 0.3) is 0 Å². The Morgan fingerprint density at radius 1 is 1.62 bits per heavy atom. The van der Waals surface area contributed by atoms with Crippen molar-refractivity contribution in [3.63, 3.8) is 0 Å². The van der Waals surface area contributed by atoms with Crippen LogP contribution >= 0.6 is 0 Å². The van der Waals surface area contributed by atoms with Gasteiger partial charge in [-0.15, -0.1) is 0 Å². The second kappa shape index (κ2) is 4.61. The lowest BCUT2D eigenvalue weighted by Gasteiger charge is -2.38. The Kier molecular flexibility index (Phi) is 3.72. The molecule has 0 unspecified atom stereocenters. The zero-order valence-electron chi connectivity index (χ0n) is 8.49. The van der Waals surface area contributed by atoms with Crippen LogP contribution in [-0.4, -0.2) is 35.6 Å². The van der Waals surface area contributed by atoms with E-state index in [9.17, 15) is 4.79 Å². The van der Waals surface area contributed by atoms with E-state index in [1.807, 2.05) is 0 Å². The molecule has 3 nitrogen and oxygen atoms in total. The molecule has 1 rings (SSSR count). The van der Waals surface area contributed by atoms with Crippen LogP contribution in [0.3, 0.4) is 0 Å². The summed E-state index contributed by atoms with van der Waals surface area (Å²) in [6.45, 7) is 3.26. The first-order valence-corrected chi connectivity index (χ1v) is 5.07. The van der Waals surface area contributed by atoms with Crippen molar-refractivity contribution in [2.45, 2.75) is 38.6 Å². The quantitative estimate of drug-likeness (QED) is 0.725. The van der Waals surface area contributed by atoms with Gasteiger partial charge in [-0.25, -0.2) is 0 Å². The third kappa shape index (κ3) is 2.69. The highest BCUT2D eigenvalue weighted by molar-refractivity contribution is 5.67. The zero-order valence-corrected chi connectivity index (χ0v) is 8.49. The van der Waals surface area contributed by atoms with Crippen LogP contribution in [0.2, 0.25) is 0 Å². The second-order valence-corrected chi connectivity index (χ2v) is 3.96. The number of hydrogen-bond acceptors (Lipinski definition) is 2. The van der Waals surface area contributed by atoms with Crippen molar-refractivity contribution >= 4 is 5.97 Å². The van der Waals surface area contributed by atoms with Crippen molar-refractivity contribution in [3.05, 3.63) is 0 Å². The fourth-order valence-corrected chi connectivity index (χ4v) is 2.43. The number of aliphatic carboxylic acids is 1. The number of hydrogen-bond donors (Lipinski definition) is 1. The molecule has 1 fully saturated rings. The van der Waals surface area contributed by atoms with E-state index in [0.717, 1.165) is 25.8 Å². The monoisotopic (exact) mass is 185 g/mol. The molecule has 1 N–H and O–H groups in total. The Balaban J connectivity index is 2.53. The van der Waals surface area contributed by atoms with Crippen LogP contribution < -0.4 is 0 Å². The van der Waals surface area contributed by atoms with Crippen LogP contribution in [0.1, 0.15) is 32.6 Å². The van der Waals surface area contributed by atoms with E-state index in [1.54, 1.807) is 0 Å². The van der Waals surface area contributed by atoms with Gasteiger partial charge in [-0.3, -0.25) is 4.79 Å². The molecular formula is C10H19NO2. The van der Waals surface area contributed by atoms with Crippen molar-refractivity contribution in [2.75, 3.05) is 13.6 Å². The van der Waals surface area contributed by atoms with Crippen molar-refractivity contribution in [1.82, 2.24) is 4.90 Å². The molecule has 13 heavy (non-hydrogen) atoms. The summed E-state index contributed by atoms with van der Waals surface area (Å²) < 4.78 is 0. The minimum atomic E-state index is -0.654. The van der Waals surface area contributed by atoms with Gasteiger partial charge in [0.15, 0.2) is 0 Å². The topological polar surface area (TPSA) is 40.5 Å². The Morgan fingerprint density at radius 2 is 2.31 bits per heavy atom. The minimum absolute atomic E-state index is 0.336. The third-order valence-corrected chi connectivity index (χ3v) is 3.05. The molecule has 1 saturated heterocycles. The molecule has 1 aliphatic rings. The maximum Gasteiger partial charge on any atom is 0.303 e. The van der Waals surface area contributed by atoms with Crippen molar-refractivity contribution < 1.29 is 9.90 Å². The smallest absolute Gasteiger partial charge is 0.303 e. The average molecular weight is 185 g/mol. The average Bonchev–Trinajstić information content (AvgIpc) is 2.03. The molecular weight excluding hydrogens is 166 g/mol. The summed E-state index contributed by atoms with van der Waals surface area (Å²) in [5.41, 5.74) is 0. The lowest BCUT2D eigenvalue weighted by atomic mass is 9.85. The number of piperidine rings is 1. The second-order valence-electron chi connectivity index (χ2n) is 3.96. The highest BCUT2D eigenvalue weighted by Gasteiger charge is 2.28. The van der Waals surface area contributed by atoms with Gasteiger partial charge in [0, 0.05) is 12.5 Å². The first-order chi connectivity index (χ1) is 6.15. The van der Waals surface area contributed by atoms with Crippen molar-refractivity contribution in [2.24, 2.45) is 5.92 Å². The predicted octanol–water partition coefficient (Wildman–Crippen LogP) is 1.58. The van der Waals surface area contributed by atoms with Gasteiger partial charge in [0.2, 0.25) is 0 Å². The van der Waals surface area contributed by atoms with E-state index in [2.05, 4.69) is 18.9 Å². The summed E-state index contributed by atoms with van der Waals surface area (Å²) in [7, 11) is 2.10. The maximum atomic E-state index is 10.6. The van der Waals surface area contributed by atoms with Crippen LogP contribution in [-0.2, 0) is 4.79 Å². The summed E-state index contributed by atoms with van der Waals surface area (Å²) in [5.74, 6) is -0.292. The highest BCUT2D eigenvalue weighted by Crippen LogP contribution is 2.27. The minimum Gasteiger partial charge on any atom is -0.481 e. The number of likely N-dealkylation sites (tertiary alicyclic amines) is 1. The molecule has 0 aromatic rings. The Bertz CT molecular complexity index is 182. The first kappa shape index (κ1) is 10.5. The summed E-state index contributed by atoms with van der Waals surface area (Å²) >= 11 is 0. The fourth-order valence-electron chi connectivity index (χ4n) is 2.43. The van der Waals surface area contributed by atoms with Crippen LogP contribution in [0.15, 0.2) is 0 Å². The van der Waals surface area contributed by atoms with E-state index in [-0.39, 0.29) is 0 Å². The Hall–Kier alpha value is -0.570. The Labute approximate surface area is 79.7 Å².